The van der Waals surface area contributed by atoms with Gasteiger partial charge in [-0.05, 0) is 79.3 Å². The molecule has 3 aromatic rings. The van der Waals surface area contributed by atoms with Crippen molar-refractivity contribution in [2.45, 2.75) is 76.2 Å². The summed E-state index contributed by atoms with van der Waals surface area (Å²) in [6.45, 7) is 3.60. The van der Waals surface area contributed by atoms with E-state index in [4.69, 9.17) is 9.94 Å². The van der Waals surface area contributed by atoms with Crippen molar-refractivity contribution in [1.82, 2.24) is 20.3 Å². The van der Waals surface area contributed by atoms with Crippen LogP contribution in [0, 0.1) is 5.92 Å². The summed E-state index contributed by atoms with van der Waals surface area (Å²) in [6.07, 6.45) is -1.59. The highest BCUT2D eigenvalue weighted by Gasteiger charge is 2.46. The zero-order valence-electron chi connectivity index (χ0n) is 28.0. The van der Waals surface area contributed by atoms with Gasteiger partial charge in [0.1, 0.15) is 17.1 Å². The lowest BCUT2D eigenvalue weighted by Crippen LogP contribution is -2.30. The Morgan fingerprint density at radius 2 is 1.72 bits per heavy atom. The highest BCUT2D eigenvalue weighted by Crippen LogP contribution is 2.61. The van der Waals surface area contributed by atoms with Gasteiger partial charge < -0.3 is 30.1 Å². The third kappa shape index (κ3) is 6.89. The van der Waals surface area contributed by atoms with Crippen LogP contribution in [0.1, 0.15) is 90.9 Å². The number of nitrogens with one attached hydrogen (secondary N) is 3. The molecule has 0 atom stereocenters. The van der Waals surface area contributed by atoms with Crippen molar-refractivity contribution < 1.29 is 47.1 Å². The lowest BCUT2D eigenvalue weighted by Gasteiger charge is -2.33. The third-order valence-corrected chi connectivity index (χ3v) is 12.0. The van der Waals surface area contributed by atoms with Gasteiger partial charge >= 0.3 is 13.8 Å². The number of amides is 2. The van der Waals surface area contributed by atoms with Gasteiger partial charge in [-0.2, -0.15) is 18.2 Å². The van der Waals surface area contributed by atoms with Gasteiger partial charge in [-0.1, -0.05) is 26.0 Å². The van der Waals surface area contributed by atoms with Crippen molar-refractivity contribution in [3.05, 3.63) is 64.3 Å². The Balaban J connectivity index is 1.49. The van der Waals surface area contributed by atoms with Crippen molar-refractivity contribution >= 4 is 42.6 Å². The molecule has 1 saturated carbocycles. The van der Waals surface area contributed by atoms with Crippen molar-refractivity contribution in [2.75, 3.05) is 24.8 Å². The highest BCUT2D eigenvalue weighted by molar-refractivity contribution is 7.53. The lowest BCUT2D eigenvalue weighted by molar-refractivity contribution is -0.137. The second-order valence-corrected chi connectivity index (χ2v) is 14.6. The molecule has 2 amide bonds. The molecule has 5 rings (SSSR count). The number of hydrogen-bond donors (Lipinski definition) is 6. The molecule has 2 heterocycles. The summed E-state index contributed by atoms with van der Waals surface area (Å²) in [5, 5.41) is 13.1. The predicted molar refractivity (Wildman–Crippen MR) is 178 cm³/mol. The topological polar surface area (TPSA) is 186 Å². The summed E-state index contributed by atoms with van der Waals surface area (Å²) in [7, 11) is -1.65. The van der Waals surface area contributed by atoms with E-state index < -0.39 is 36.2 Å². The maximum absolute atomic E-state index is 14.2. The zero-order chi connectivity index (χ0) is 36.6. The molecule has 1 fully saturated rings. The Morgan fingerprint density at radius 1 is 1.06 bits per heavy atom. The van der Waals surface area contributed by atoms with E-state index in [0.29, 0.717) is 43.0 Å². The first-order valence-electron chi connectivity index (χ1n) is 16.2. The third-order valence-electron chi connectivity index (χ3n) is 10.0. The number of carbonyl (C=O) groups excluding carboxylic acids is 2. The van der Waals surface area contributed by atoms with Gasteiger partial charge in [0.2, 0.25) is 11.9 Å². The van der Waals surface area contributed by atoms with E-state index >= 15 is 0 Å². The Hall–Kier alpha value is -4.24. The number of rotatable bonds is 11. The molecule has 13 nitrogen and oxygen atoms in total. The summed E-state index contributed by atoms with van der Waals surface area (Å²) < 4.78 is 60.7. The van der Waals surface area contributed by atoms with E-state index in [1.165, 1.54) is 30.2 Å². The molecule has 2 aliphatic rings. The average molecular weight is 721 g/mol. The van der Waals surface area contributed by atoms with Crippen molar-refractivity contribution in [2.24, 2.45) is 5.92 Å². The normalized spacial score (nSPS) is 18.1. The van der Waals surface area contributed by atoms with Gasteiger partial charge in [0.15, 0.2) is 0 Å². The Labute approximate surface area is 286 Å². The van der Waals surface area contributed by atoms with E-state index in [2.05, 4.69) is 20.6 Å². The lowest BCUT2D eigenvalue weighted by atomic mass is 9.76. The molecule has 0 saturated heterocycles. The van der Waals surface area contributed by atoms with E-state index in [1.54, 1.807) is 38.5 Å². The molecule has 1 aliphatic heterocycles. The first kappa shape index (κ1) is 37.0. The minimum atomic E-state index is -4.85. The second kappa shape index (κ2) is 14.2. The Morgan fingerprint density at radius 3 is 2.30 bits per heavy atom. The van der Waals surface area contributed by atoms with E-state index in [0.717, 1.165) is 5.56 Å². The minimum absolute atomic E-state index is 0.0169. The van der Waals surface area contributed by atoms with Gasteiger partial charge in [0, 0.05) is 25.7 Å². The van der Waals surface area contributed by atoms with Gasteiger partial charge in [0.25, 0.3) is 5.91 Å². The van der Waals surface area contributed by atoms with Crippen LogP contribution in [0.2, 0.25) is 0 Å². The smallest absolute Gasteiger partial charge is 0.421 e. The first-order valence-corrected chi connectivity index (χ1v) is 17.8. The summed E-state index contributed by atoms with van der Waals surface area (Å²) >= 11 is 0. The number of anilines is 4. The number of hydroxylamine groups is 1. The number of fused-ring (bicyclic) bond motifs is 1. The number of ether oxygens (including phenoxy) is 1. The van der Waals surface area contributed by atoms with Crippen LogP contribution in [0.15, 0.2) is 36.5 Å². The Bertz CT molecular complexity index is 1820. The number of methoxy groups -OCH3 is 1. The molecule has 270 valence electrons. The van der Waals surface area contributed by atoms with Crippen molar-refractivity contribution in [1.29, 1.82) is 0 Å². The molecule has 0 spiro atoms. The number of halogens is 3. The van der Waals surface area contributed by atoms with Crippen LogP contribution < -0.4 is 20.9 Å². The Kier molecular flexibility index (Phi) is 10.5. The van der Waals surface area contributed by atoms with Gasteiger partial charge in [0.05, 0.1) is 29.2 Å². The molecule has 6 N–H and O–H groups in total. The second-order valence-electron chi connectivity index (χ2n) is 12.6. The van der Waals surface area contributed by atoms with Crippen molar-refractivity contribution in [3.63, 3.8) is 0 Å². The molecule has 0 unspecified atom stereocenters. The molecule has 0 radical (unpaired) electrons. The summed E-state index contributed by atoms with van der Waals surface area (Å²) in [4.78, 5) is 55.2. The maximum atomic E-state index is 14.2. The fourth-order valence-electron chi connectivity index (χ4n) is 7.14. The van der Waals surface area contributed by atoms with E-state index in [1.807, 2.05) is 0 Å². The quantitative estimate of drug-likeness (QED) is 0.0717. The monoisotopic (exact) mass is 720 g/mol. The minimum Gasteiger partial charge on any atom is -0.495 e. The number of carbonyl (C=O) groups is 2. The highest BCUT2D eigenvalue weighted by atomic mass is 31.2. The van der Waals surface area contributed by atoms with Crippen LogP contribution in [0.4, 0.5) is 36.3 Å². The standard InChI is InChI=1S/C33H40F3N6O7P/c1-5-32(6-2,50(46,47)48)20-11-13-24(26(15-20)49-4)39-31-37-16-23(33(34,35)36)28(40-31)38-25-14-12-21(22-17-42(3)30(44)27(22)25)18-7-9-19(10-8-18)29(43)41-45/h11-16,18-19,45H,5-10,17H2,1-4H3,(H,41,43)(H2,46,47,48)(H2,37,38,39,40)/t18-,19+. The molecular weight excluding hydrogens is 680 g/mol. The molecule has 1 aliphatic carbocycles. The van der Waals surface area contributed by atoms with Crippen LogP contribution in [0.3, 0.4) is 0 Å². The van der Waals surface area contributed by atoms with Crippen LogP contribution >= 0.6 is 7.60 Å². The number of hydrogen-bond acceptors (Lipinski definition) is 9. The van der Waals surface area contributed by atoms with Gasteiger partial charge in [-0.25, -0.2) is 10.5 Å². The molecular formula is C33H40F3N6O7P. The molecule has 2 aromatic carbocycles. The largest absolute Gasteiger partial charge is 0.495 e. The van der Waals surface area contributed by atoms with Crippen LogP contribution in [-0.2, 0) is 27.2 Å². The zero-order valence-corrected chi connectivity index (χ0v) is 28.9. The van der Waals surface area contributed by atoms with Gasteiger partial charge in [-0.15, -0.1) is 0 Å². The summed E-state index contributed by atoms with van der Waals surface area (Å²) in [5.74, 6) is -1.79. The molecule has 1 aromatic heterocycles. The number of alkyl halides is 3. The van der Waals surface area contributed by atoms with E-state index in [-0.39, 0.29) is 65.8 Å². The number of benzene rings is 2. The summed E-state index contributed by atoms with van der Waals surface area (Å²) in [5.41, 5.74) is 3.06. The number of aromatic nitrogens is 2. The average Bonchev–Trinajstić information content (AvgIpc) is 3.38. The maximum Gasteiger partial charge on any atom is 0.421 e. The van der Waals surface area contributed by atoms with Crippen LogP contribution in [-0.4, -0.2) is 55.8 Å². The molecule has 50 heavy (non-hydrogen) atoms. The molecule has 0 bridgehead atoms. The first-order chi connectivity index (χ1) is 23.6. The molecule has 17 heteroatoms. The van der Waals surface area contributed by atoms with Crippen LogP contribution in [0.5, 0.6) is 5.75 Å². The van der Waals surface area contributed by atoms with Crippen LogP contribution in [0.25, 0.3) is 0 Å². The number of nitrogens with zero attached hydrogens (tertiary/aromatic N) is 3. The fraction of sp³-hybridized carbons (Fsp3) is 0.455. The summed E-state index contributed by atoms with van der Waals surface area (Å²) in [6, 6.07) is 7.82. The predicted octanol–water partition coefficient (Wildman–Crippen LogP) is 6.55. The fourth-order valence-corrected chi connectivity index (χ4v) is 8.44. The SMILES string of the molecule is CCC(CC)(c1ccc(Nc2ncc(C(F)(F)F)c(Nc3ccc([C@H]4CC[C@@H](C(=O)NO)CC4)c4c3C(=O)N(C)C4)n2)c(OC)c1)P(=O)(O)O. The van der Waals surface area contributed by atoms with Crippen molar-refractivity contribution in [3.8, 4) is 5.75 Å². The van der Waals surface area contributed by atoms with Gasteiger partial charge in [-0.3, -0.25) is 19.4 Å². The van der Waals surface area contributed by atoms with E-state index in [9.17, 15) is 37.1 Å².